The summed E-state index contributed by atoms with van der Waals surface area (Å²) in [6, 6.07) is 8.22. The smallest absolute Gasteiger partial charge is 0.236 e. The van der Waals surface area contributed by atoms with E-state index in [1.807, 2.05) is 17.0 Å². The van der Waals surface area contributed by atoms with Crippen LogP contribution in [0.25, 0.3) is 0 Å². The van der Waals surface area contributed by atoms with Gasteiger partial charge in [-0.05, 0) is 30.4 Å². The molecule has 0 unspecified atom stereocenters. The molecule has 21 heavy (non-hydrogen) atoms. The van der Waals surface area contributed by atoms with E-state index in [9.17, 15) is 4.79 Å². The number of hydrogen-bond donors (Lipinski definition) is 2. The van der Waals surface area contributed by atoms with E-state index >= 15 is 0 Å². The van der Waals surface area contributed by atoms with Gasteiger partial charge < -0.3 is 15.8 Å². The molecule has 1 aliphatic heterocycles. The summed E-state index contributed by atoms with van der Waals surface area (Å²) in [4.78, 5) is 14.9. The average molecular weight is 287 g/mol. The Kier molecular flexibility index (Phi) is 3.57. The lowest BCUT2D eigenvalue weighted by molar-refractivity contribution is -0.139. The molecule has 0 atom stereocenters. The zero-order valence-corrected chi connectivity index (χ0v) is 12.1. The first-order chi connectivity index (χ1) is 10.2. The summed E-state index contributed by atoms with van der Waals surface area (Å²) in [5, 5.41) is 12.2. The Morgan fingerprint density at radius 3 is 2.57 bits per heavy atom. The van der Waals surface area contributed by atoms with E-state index in [1.165, 1.54) is 11.1 Å². The maximum atomic E-state index is 13.0. The Bertz CT molecular complexity index is 577. The second-order valence-corrected chi connectivity index (χ2v) is 6.02. The molecule has 0 aromatic heterocycles. The predicted octanol–water partition coefficient (Wildman–Crippen LogP) is 1.88. The third-order valence-electron chi connectivity index (χ3n) is 4.88. The number of carbonyl (C=O) groups excluding carboxylic acids is 1. The van der Waals surface area contributed by atoms with Crippen LogP contribution in [0.15, 0.2) is 29.4 Å². The quantitative estimate of drug-likeness (QED) is 0.377. The van der Waals surface area contributed by atoms with Crippen molar-refractivity contribution in [3.05, 3.63) is 35.4 Å². The number of rotatable bonds is 2. The molecule has 0 bridgehead atoms. The Morgan fingerprint density at radius 2 is 1.90 bits per heavy atom. The first-order valence-electron chi connectivity index (χ1n) is 7.51. The molecule has 3 rings (SSSR count). The van der Waals surface area contributed by atoms with Crippen molar-refractivity contribution in [2.45, 2.75) is 38.6 Å². The first kappa shape index (κ1) is 13.9. The number of amides is 1. The lowest BCUT2D eigenvalue weighted by Gasteiger charge is -2.36. The Labute approximate surface area is 124 Å². The normalized spacial score (nSPS) is 21.1. The molecular formula is C16H21N3O2. The van der Waals surface area contributed by atoms with Crippen LogP contribution in [0.1, 0.15) is 36.8 Å². The monoisotopic (exact) mass is 287 g/mol. The van der Waals surface area contributed by atoms with Gasteiger partial charge in [-0.25, -0.2) is 0 Å². The van der Waals surface area contributed by atoms with E-state index in [1.54, 1.807) is 0 Å². The highest BCUT2D eigenvalue weighted by Gasteiger charge is 2.47. The summed E-state index contributed by atoms with van der Waals surface area (Å²) < 4.78 is 0. The van der Waals surface area contributed by atoms with Crippen LogP contribution in [0, 0.1) is 5.41 Å². The van der Waals surface area contributed by atoms with Gasteiger partial charge in [-0.2, -0.15) is 0 Å². The summed E-state index contributed by atoms with van der Waals surface area (Å²) in [7, 11) is 0. The number of nitrogens with zero attached hydrogens (tertiary/aromatic N) is 2. The highest BCUT2D eigenvalue weighted by Crippen LogP contribution is 2.40. The Morgan fingerprint density at radius 1 is 1.24 bits per heavy atom. The van der Waals surface area contributed by atoms with Crippen LogP contribution in [0.2, 0.25) is 0 Å². The van der Waals surface area contributed by atoms with E-state index in [2.05, 4.69) is 17.3 Å². The molecule has 0 saturated heterocycles. The molecule has 1 heterocycles. The van der Waals surface area contributed by atoms with Gasteiger partial charge in [-0.1, -0.05) is 42.3 Å². The molecule has 0 spiro atoms. The van der Waals surface area contributed by atoms with Gasteiger partial charge in [0, 0.05) is 13.1 Å². The van der Waals surface area contributed by atoms with Crippen molar-refractivity contribution >= 4 is 11.7 Å². The lowest BCUT2D eigenvalue weighted by Crippen LogP contribution is -2.51. The van der Waals surface area contributed by atoms with Crippen molar-refractivity contribution in [1.82, 2.24) is 4.90 Å². The minimum atomic E-state index is -0.791. The van der Waals surface area contributed by atoms with Crippen molar-refractivity contribution in [3.8, 4) is 0 Å². The number of oxime groups is 1. The molecule has 5 nitrogen and oxygen atoms in total. The molecule has 1 amide bonds. The third kappa shape index (κ3) is 2.26. The van der Waals surface area contributed by atoms with Crippen LogP contribution in [0.3, 0.4) is 0 Å². The van der Waals surface area contributed by atoms with Crippen LogP contribution in [-0.4, -0.2) is 28.4 Å². The van der Waals surface area contributed by atoms with Crippen LogP contribution in [-0.2, 0) is 17.8 Å². The highest BCUT2D eigenvalue weighted by atomic mass is 16.4. The highest BCUT2D eigenvalue weighted by molar-refractivity contribution is 6.07. The fourth-order valence-electron chi connectivity index (χ4n) is 3.63. The van der Waals surface area contributed by atoms with E-state index in [0.717, 1.165) is 19.3 Å². The first-order valence-corrected chi connectivity index (χ1v) is 7.51. The molecule has 3 N–H and O–H groups in total. The molecule has 0 radical (unpaired) electrons. The number of amidine groups is 1. The summed E-state index contributed by atoms with van der Waals surface area (Å²) in [6.45, 7) is 1.33. The van der Waals surface area contributed by atoms with Gasteiger partial charge >= 0.3 is 0 Å². The van der Waals surface area contributed by atoms with E-state index in [0.29, 0.717) is 25.9 Å². The zero-order chi connectivity index (χ0) is 14.9. The number of nitrogens with two attached hydrogens (primary N) is 1. The Hall–Kier alpha value is -2.04. The maximum Gasteiger partial charge on any atom is 0.236 e. The zero-order valence-electron chi connectivity index (χ0n) is 12.1. The lowest BCUT2D eigenvalue weighted by atomic mass is 9.82. The molecule has 1 aliphatic carbocycles. The van der Waals surface area contributed by atoms with E-state index in [-0.39, 0.29) is 11.7 Å². The fraction of sp³-hybridized carbons (Fsp3) is 0.500. The number of carbonyl (C=O) groups is 1. The molecule has 112 valence electrons. The Balaban J connectivity index is 1.86. The molecule has 2 aliphatic rings. The second kappa shape index (κ2) is 5.39. The molecule has 1 aromatic rings. The van der Waals surface area contributed by atoms with E-state index < -0.39 is 5.41 Å². The summed E-state index contributed by atoms with van der Waals surface area (Å²) >= 11 is 0. The third-order valence-corrected chi connectivity index (χ3v) is 4.88. The molecule has 1 fully saturated rings. The average Bonchev–Trinajstić information content (AvgIpc) is 3.03. The number of benzene rings is 1. The molecule has 5 heteroatoms. The second-order valence-electron chi connectivity index (χ2n) is 6.02. The maximum absolute atomic E-state index is 13.0. The number of hydrogen-bond acceptors (Lipinski definition) is 3. The van der Waals surface area contributed by atoms with Gasteiger partial charge in [-0.15, -0.1) is 0 Å². The summed E-state index contributed by atoms with van der Waals surface area (Å²) in [5.41, 5.74) is 7.59. The van der Waals surface area contributed by atoms with Gasteiger partial charge in [0.2, 0.25) is 5.91 Å². The molecular weight excluding hydrogens is 266 g/mol. The van der Waals surface area contributed by atoms with Crippen molar-refractivity contribution in [2.75, 3.05) is 6.54 Å². The van der Waals surface area contributed by atoms with Crippen LogP contribution >= 0.6 is 0 Å². The largest absolute Gasteiger partial charge is 0.409 e. The minimum absolute atomic E-state index is 0.0183. The van der Waals surface area contributed by atoms with Crippen molar-refractivity contribution in [1.29, 1.82) is 0 Å². The number of fused-ring (bicyclic) bond motifs is 1. The van der Waals surface area contributed by atoms with Gasteiger partial charge in [-0.3, -0.25) is 4.79 Å². The van der Waals surface area contributed by atoms with Gasteiger partial charge in [0.15, 0.2) is 5.84 Å². The predicted molar refractivity (Wildman–Crippen MR) is 79.9 cm³/mol. The summed E-state index contributed by atoms with van der Waals surface area (Å²) in [6.07, 6.45) is 4.13. The van der Waals surface area contributed by atoms with Crippen molar-refractivity contribution in [3.63, 3.8) is 0 Å². The SMILES string of the molecule is NC(=NO)C1(C(=O)N2CCc3ccccc3C2)CCCC1. The van der Waals surface area contributed by atoms with Gasteiger partial charge in [0.1, 0.15) is 5.41 Å². The van der Waals surface area contributed by atoms with E-state index in [4.69, 9.17) is 10.9 Å². The van der Waals surface area contributed by atoms with Gasteiger partial charge in [0.25, 0.3) is 0 Å². The topological polar surface area (TPSA) is 78.9 Å². The minimum Gasteiger partial charge on any atom is -0.409 e. The van der Waals surface area contributed by atoms with Crippen LogP contribution < -0.4 is 5.73 Å². The fourth-order valence-corrected chi connectivity index (χ4v) is 3.63. The standard InChI is InChI=1S/C16H21N3O2/c17-14(18-21)16(8-3-4-9-16)15(20)19-10-7-12-5-1-2-6-13(12)11-19/h1-2,5-6,21H,3-4,7-11H2,(H2,17,18). The summed E-state index contributed by atoms with van der Waals surface area (Å²) in [5.74, 6) is 0.0914. The molecule has 1 aromatic carbocycles. The van der Waals surface area contributed by atoms with Crippen molar-refractivity contribution < 1.29 is 10.0 Å². The van der Waals surface area contributed by atoms with Crippen LogP contribution in [0.4, 0.5) is 0 Å². The molecule has 1 saturated carbocycles. The van der Waals surface area contributed by atoms with Crippen molar-refractivity contribution in [2.24, 2.45) is 16.3 Å². The van der Waals surface area contributed by atoms with Gasteiger partial charge in [0.05, 0.1) is 0 Å². The van der Waals surface area contributed by atoms with Crippen LogP contribution in [0.5, 0.6) is 0 Å².